The third-order valence-electron chi connectivity index (χ3n) is 3.20. The van der Waals surface area contributed by atoms with Crippen molar-refractivity contribution in [2.45, 2.75) is 63.9 Å². The molecule has 0 aromatic carbocycles. The van der Waals surface area contributed by atoms with E-state index in [1.54, 1.807) is 0 Å². The van der Waals surface area contributed by atoms with Crippen molar-refractivity contribution in [3.8, 4) is 0 Å². The normalized spacial score (nSPS) is 35.8. The molecule has 0 amide bonds. The lowest BCUT2D eigenvalue weighted by Crippen LogP contribution is -2.41. The molecule has 2 unspecified atom stereocenters. The van der Waals surface area contributed by atoms with Crippen LogP contribution in [0.1, 0.15) is 45.4 Å². The minimum Gasteiger partial charge on any atom is -0.460 e. The first-order chi connectivity index (χ1) is 7.79. The van der Waals surface area contributed by atoms with Gasteiger partial charge in [-0.05, 0) is 32.1 Å². The molecule has 2 saturated heterocycles. The number of rotatable bonds is 3. The van der Waals surface area contributed by atoms with Crippen LogP contribution in [-0.2, 0) is 19.0 Å². The number of carbonyl (C=O) groups is 1. The molecule has 16 heavy (non-hydrogen) atoms. The van der Waals surface area contributed by atoms with Crippen LogP contribution < -0.4 is 0 Å². The second kappa shape index (κ2) is 5.64. The zero-order valence-electron chi connectivity index (χ0n) is 9.81. The molecule has 2 aliphatic rings. The van der Waals surface area contributed by atoms with Crippen LogP contribution in [0.5, 0.6) is 0 Å². The van der Waals surface area contributed by atoms with Crippen LogP contribution in [-0.4, -0.2) is 31.1 Å². The first kappa shape index (κ1) is 11.9. The van der Waals surface area contributed by atoms with Gasteiger partial charge in [0.15, 0.2) is 6.29 Å². The lowest BCUT2D eigenvalue weighted by atomic mass is 10.0. The summed E-state index contributed by atoms with van der Waals surface area (Å²) in [5.74, 6) is -0.101. The Hall–Kier alpha value is -0.610. The Morgan fingerprint density at radius 2 is 2.25 bits per heavy atom. The SMILES string of the molecule is CCC1OC(=O)CC[C@@H]1OC1CCCCO1. The molecule has 2 aliphatic heterocycles. The molecule has 0 saturated carbocycles. The van der Waals surface area contributed by atoms with Crippen LogP contribution in [0.25, 0.3) is 0 Å². The first-order valence-electron chi connectivity index (χ1n) is 6.26. The minimum atomic E-state index is -0.101. The van der Waals surface area contributed by atoms with Crippen LogP contribution in [0.3, 0.4) is 0 Å². The molecule has 0 radical (unpaired) electrons. The lowest BCUT2D eigenvalue weighted by Gasteiger charge is -2.34. The summed E-state index contributed by atoms with van der Waals surface area (Å²) in [7, 11) is 0. The predicted octanol–water partition coefficient (Wildman–Crippen LogP) is 2.01. The average Bonchev–Trinajstić information content (AvgIpc) is 2.33. The van der Waals surface area contributed by atoms with Gasteiger partial charge in [0.1, 0.15) is 6.10 Å². The van der Waals surface area contributed by atoms with Gasteiger partial charge in [-0.3, -0.25) is 4.79 Å². The molecule has 2 rings (SSSR count). The lowest BCUT2D eigenvalue weighted by molar-refractivity contribution is -0.223. The highest BCUT2D eigenvalue weighted by molar-refractivity contribution is 5.70. The Balaban J connectivity index is 1.84. The molecule has 0 N–H and O–H groups in total. The zero-order valence-corrected chi connectivity index (χ0v) is 9.81. The Bertz CT molecular complexity index is 235. The molecule has 4 nitrogen and oxygen atoms in total. The Morgan fingerprint density at radius 3 is 2.94 bits per heavy atom. The second-order valence-electron chi connectivity index (χ2n) is 4.45. The van der Waals surface area contributed by atoms with E-state index in [1.807, 2.05) is 6.92 Å². The van der Waals surface area contributed by atoms with Gasteiger partial charge in [-0.1, -0.05) is 6.92 Å². The molecule has 0 aromatic rings. The quantitative estimate of drug-likeness (QED) is 0.693. The average molecular weight is 228 g/mol. The number of carbonyl (C=O) groups excluding carboxylic acids is 1. The van der Waals surface area contributed by atoms with Crippen LogP contribution >= 0.6 is 0 Å². The van der Waals surface area contributed by atoms with Gasteiger partial charge in [0, 0.05) is 13.0 Å². The third kappa shape index (κ3) is 2.95. The van der Waals surface area contributed by atoms with Crippen molar-refractivity contribution in [1.82, 2.24) is 0 Å². The summed E-state index contributed by atoms with van der Waals surface area (Å²) in [6, 6.07) is 0. The highest BCUT2D eigenvalue weighted by Gasteiger charge is 2.32. The number of cyclic esters (lactones) is 1. The van der Waals surface area contributed by atoms with E-state index in [0.29, 0.717) is 6.42 Å². The fourth-order valence-electron chi connectivity index (χ4n) is 2.27. The van der Waals surface area contributed by atoms with Gasteiger partial charge >= 0.3 is 5.97 Å². The van der Waals surface area contributed by atoms with Crippen LogP contribution in [0, 0.1) is 0 Å². The highest BCUT2D eigenvalue weighted by atomic mass is 16.7. The van der Waals surface area contributed by atoms with E-state index in [0.717, 1.165) is 38.7 Å². The van der Waals surface area contributed by atoms with Crippen LogP contribution in [0.15, 0.2) is 0 Å². The second-order valence-corrected chi connectivity index (χ2v) is 4.45. The largest absolute Gasteiger partial charge is 0.460 e. The topological polar surface area (TPSA) is 44.8 Å². The Morgan fingerprint density at radius 1 is 1.38 bits per heavy atom. The van der Waals surface area contributed by atoms with Gasteiger partial charge in [-0.2, -0.15) is 0 Å². The highest BCUT2D eigenvalue weighted by Crippen LogP contribution is 2.24. The summed E-state index contributed by atoms with van der Waals surface area (Å²) in [4.78, 5) is 11.2. The predicted molar refractivity (Wildman–Crippen MR) is 57.9 cm³/mol. The molecule has 2 fully saturated rings. The summed E-state index contributed by atoms with van der Waals surface area (Å²) in [5, 5.41) is 0. The molecule has 92 valence electrons. The van der Waals surface area contributed by atoms with Crippen molar-refractivity contribution in [3.63, 3.8) is 0 Å². The first-order valence-corrected chi connectivity index (χ1v) is 6.26. The van der Waals surface area contributed by atoms with Crippen LogP contribution in [0.2, 0.25) is 0 Å². The number of ether oxygens (including phenoxy) is 3. The maximum atomic E-state index is 11.2. The molecule has 0 spiro atoms. The maximum Gasteiger partial charge on any atom is 0.306 e. The monoisotopic (exact) mass is 228 g/mol. The maximum absolute atomic E-state index is 11.2. The summed E-state index contributed by atoms with van der Waals surface area (Å²) >= 11 is 0. The van der Waals surface area contributed by atoms with Gasteiger partial charge in [0.25, 0.3) is 0 Å². The fourth-order valence-corrected chi connectivity index (χ4v) is 2.27. The molecule has 0 bridgehead atoms. The Labute approximate surface area is 96.2 Å². The molecular formula is C12H20O4. The van der Waals surface area contributed by atoms with E-state index in [-0.39, 0.29) is 24.5 Å². The molecule has 2 heterocycles. The van der Waals surface area contributed by atoms with E-state index in [9.17, 15) is 4.79 Å². The molecule has 0 aromatic heterocycles. The molecule has 0 aliphatic carbocycles. The van der Waals surface area contributed by atoms with E-state index in [4.69, 9.17) is 14.2 Å². The third-order valence-corrected chi connectivity index (χ3v) is 3.20. The molecule has 4 heteroatoms. The number of esters is 1. The van der Waals surface area contributed by atoms with Gasteiger partial charge in [-0.25, -0.2) is 0 Å². The molecule has 3 atom stereocenters. The van der Waals surface area contributed by atoms with Gasteiger partial charge in [0.05, 0.1) is 6.10 Å². The van der Waals surface area contributed by atoms with Crippen molar-refractivity contribution in [2.24, 2.45) is 0 Å². The number of hydrogen-bond acceptors (Lipinski definition) is 4. The van der Waals surface area contributed by atoms with Crippen molar-refractivity contribution < 1.29 is 19.0 Å². The van der Waals surface area contributed by atoms with E-state index < -0.39 is 0 Å². The van der Waals surface area contributed by atoms with E-state index in [1.165, 1.54) is 0 Å². The summed E-state index contributed by atoms with van der Waals surface area (Å²) < 4.78 is 16.7. The van der Waals surface area contributed by atoms with Crippen LogP contribution in [0.4, 0.5) is 0 Å². The van der Waals surface area contributed by atoms with Gasteiger partial charge in [-0.15, -0.1) is 0 Å². The standard InChI is InChI=1S/C12H20O4/c1-2-9-10(6-7-11(13)15-9)16-12-5-3-4-8-14-12/h9-10,12H,2-8H2,1H3/t9?,10-,12?/m0/s1. The number of hydrogen-bond donors (Lipinski definition) is 0. The smallest absolute Gasteiger partial charge is 0.306 e. The Kier molecular flexibility index (Phi) is 4.18. The summed E-state index contributed by atoms with van der Waals surface area (Å²) in [6.07, 6.45) is 5.11. The van der Waals surface area contributed by atoms with Crippen molar-refractivity contribution >= 4 is 5.97 Å². The van der Waals surface area contributed by atoms with Gasteiger partial charge in [0.2, 0.25) is 0 Å². The van der Waals surface area contributed by atoms with Gasteiger partial charge < -0.3 is 14.2 Å². The molecular weight excluding hydrogens is 208 g/mol. The fraction of sp³-hybridized carbons (Fsp3) is 0.917. The summed E-state index contributed by atoms with van der Waals surface area (Å²) in [5.41, 5.74) is 0. The van der Waals surface area contributed by atoms with E-state index >= 15 is 0 Å². The van der Waals surface area contributed by atoms with Crippen molar-refractivity contribution in [1.29, 1.82) is 0 Å². The van der Waals surface area contributed by atoms with Crippen molar-refractivity contribution in [2.75, 3.05) is 6.61 Å². The zero-order chi connectivity index (χ0) is 11.4. The summed E-state index contributed by atoms with van der Waals surface area (Å²) in [6.45, 7) is 2.80. The van der Waals surface area contributed by atoms with Crippen molar-refractivity contribution in [3.05, 3.63) is 0 Å². The van der Waals surface area contributed by atoms with E-state index in [2.05, 4.69) is 0 Å². The minimum absolute atomic E-state index is 0.0193.